The summed E-state index contributed by atoms with van der Waals surface area (Å²) < 4.78 is 5.32. The number of methoxy groups -OCH3 is 1. The van der Waals surface area contributed by atoms with E-state index < -0.39 is 0 Å². The van der Waals surface area contributed by atoms with Crippen molar-refractivity contribution in [2.24, 2.45) is 5.92 Å². The molecule has 1 aromatic carbocycles. The molecule has 0 bridgehead atoms. The zero-order chi connectivity index (χ0) is 18.2. The van der Waals surface area contributed by atoms with Crippen LogP contribution in [0.2, 0.25) is 0 Å². The summed E-state index contributed by atoms with van der Waals surface area (Å²) in [6.07, 6.45) is 3.75. The molecule has 5 nitrogen and oxygen atoms in total. The molecule has 0 aromatic heterocycles. The van der Waals surface area contributed by atoms with Crippen molar-refractivity contribution in [1.82, 2.24) is 10.2 Å². The summed E-state index contributed by atoms with van der Waals surface area (Å²) in [5, 5.41) is 3.15. The van der Waals surface area contributed by atoms with E-state index in [1.807, 2.05) is 43.0 Å². The average molecular weight is 346 g/mol. The molecule has 1 heterocycles. The lowest BCUT2D eigenvalue weighted by atomic mass is 9.99. The fourth-order valence-electron chi connectivity index (χ4n) is 3.38. The zero-order valence-corrected chi connectivity index (χ0v) is 15.6. The molecule has 0 spiro atoms. The van der Waals surface area contributed by atoms with Gasteiger partial charge in [-0.05, 0) is 31.7 Å². The number of rotatable bonds is 7. The van der Waals surface area contributed by atoms with E-state index in [0.717, 1.165) is 37.0 Å². The molecule has 2 rings (SSSR count). The SMILES string of the molecule is CCC(CC)C(=O)NC1CCN(C(=O)Cc2ccccc2OC)CC1. The number of nitrogens with zero attached hydrogens (tertiary/aromatic N) is 1. The number of piperidine rings is 1. The lowest BCUT2D eigenvalue weighted by molar-refractivity contribution is -0.131. The second-order valence-electron chi connectivity index (χ2n) is 6.67. The van der Waals surface area contributed by atoms with E-state index >= 15 is 0 Å². The van der Waals surface area contributed by atoms with Crippen molar-refractivity contribution in [2.45, 2.75) is 52.0 Å². The lowest BCUT2D eigenvalue weighted by Gasteiger charge is -2.33. The lowest BCUT2D eigenvalue weighted by Crippen LogP contribution is -2.48. The highest BCUT2D eigenvalue weighted by Crippen LogP contribution is 2.20. The number of ether oxygens (including phenoxy) is 1. The molecule has 25 heavy (non-hydrogen) atoms. The van der Waals surface area contributed by atoms with Gasteiger partial charge in [-0.15, -0.1) is 0 Å². The monoisotopic (exact) mass is 346 g/mol. The van der Waals surface area contributed by atoms with Crippen molar-refractivity contribution in [2.75, 3.05) is 20.2 Å². The Balaban J connectivity index is 1.83. The topological polar surface area (TPSA) is 58.6 Å². The van der Waals surface area contributed by atoms with Crippen molar-refractivity contribution < 1.29 is 14.3 Å². The van der Waals surface area contributed by atoms with Crippen molar-refractivity contribution in [1.29, 1.82) is 0 Å². The van der Waals surface area contributed by atoms with Crippen LogP contribution in [-0.2, 0) is 16.0 Å². The fourth-order valence-corrected chi connectivity index (χ4v) is 3.38. The van der Waals surface area contributed by atoms with Crippen molar-refractivity contribution in [3.63, 3.8) is 0 Å². The van der Waals surface area contributed by atoms with Gasteiger partial charge in [0.15, 0.2) is 0 Å². The number of nitrogens with one attached hydrogen (secondary N) is 1. The minimum atomic E-state index is 0.102. The summed E-state index contributed by atoms with van der Waals surface area (Å²) in [5.41, 5.74) is 0.916. The molecule has 1 saturated heterocycles. The summed E-state index contributed by atoms with van der Waals surface area (Å²) in [7, 11) is 1.62. The first-order chi connectivity index (χ1) is 12.1. The van der Waals surface area contributed by atoms with Crippen molar-refractivity contribution >= 4 is 11.8 Å². The molecule has 0 radical (unpaired) electrons. The summed E-state index contributed by atoms with van der Waals surface area (Å²) in [5.74, 6) is 1.13. The Morgan fingerprint density at radius 2 is 1.84 bits per heavy atom. The molecule has 1 aliphatic heterocycles. The largest absolute Gasteiger partial charge is 0.496 e. The Labute approximate surface area is 150 Å². The third-order valence-corrected chi connectivity index (χ3v) is 5.08. The Bertz CT molecular complexity index is 576. The smallest absolute Gasteiger partial charge is 0.227 e. The number of hydrogen-bond acceptors (Lipinski definition) is 3. The second-order valence-corrected chi connectivity index (χ2v) is 6.67. The molecule has 1 aromatic rings. The summed E-state index contributed by atoms with van der Waals surface area (Å²) in [6, 6.07) is 7.82. The summed E-state index contributed by atoms with van der Waals surface area (Å²) in [4.78, 5) is 26.6. The first-order valence-corrected chi connectivity index (χ1v) is 9.29. The maximum Gasteiger partial charge on any atom is 0.227 e. The Kier molecular flexibility index (Phi) is 7.29. The van der Waals surface area contributed by atoms with E-state index in [9.17, 15) is 9.59 Å². The summed E-state index contributed by atoms with van der Waals surface area (Å²) >= 11 is 0. The molecule has 138 valence electrons. The van der Waals surface area contributed by atoms with Crippen LogP contribution >= 0.6 is 0 Å². The number of carbonyl (C=O) groups excluding carboxylic acids is 2. The van der Waals surface area contributed by atoms with E-state index in [2.05, 4.69) is 5.32 Å². The number of carbonyl (C=O) groups is 2. The molecular formula is C20H30N2O3. The molecule has 5 heteroatoms. The van der Waals surface area contributed by atoms with Crippen LogP contribution in [-0.4, -0.2) is 43.0 Å². The normalized spacial score (nSPS) is 15.3. The Morgan fingerprint density at radius 1 is 1.20 bits per heavy atom. The first kappa shape index (κ1) is 19.3. The maximum atomic E-state index is 12.5. The van der Waals surface area contributed by atoms with Gasteiger partial charge < -0.3 is 15.0 Å². The summed E-state index contributed by atoms with van der Waals surface area (Å²) in [6.45, 7) is 5.49. The van der Waals surface area contributed by atoms with Crippen LogP contribution in [0.5, 0.6) is 5.75 Å². The fraction of sp³-hybridized carbons (Fsp3) is 0.600. The van der Waals surface area contributed by atoms with Gasteiger partial charge in [0, 0.05) is 30.6 Å². The standard InChI is InChI=1S/C20H30N2O3/c1-4-15(5-2)20(24)21-17-10-12-22(13-11-17)19(23)14-16-8-6-7-9-18(16)25-3/h6-9,15,17H,4-5,10-14H2,1-3H3,(H,21,24). The predicted octanol–water partition coefficient (Wildman–Crippen LogP) is 2.78. The van der Waals surface area contributed by atoms with Gasteiger partial charge in [-0.1, -0.05) is 32.0 Å². The van der Waals surface area contributed by atoms with Crippen molar-refractivity contribution in [3.05, 3.63) is 29.8 Å². The Morgan fingerprint density at radius 3 is 2.44 bits per heavy atom. The van der Waals surface area contributed by atoms with Gasteiger partial charge in [-0.25, -0.2) is 0 Å². The highest BCUT2D eigenvalue weighted by molar-refractivity contribution is 5.80. The molecule has 0 atom stereocenters. The zero-order valence-electron chi connectivity index (χ0n) is 15.6. The van der Waals surface area contributed by atoms with Gasteiger partial charge in [0.2, 0.25) is 11.8 Å². The van der Waals surface area contributed by atoms with Gasteiger partial charge in [0.1, 0.15) is 5.75 Å². The van der Waals surface area contributed by atoms with E-state index in [-0.39, 0.29) is 23.8 Å². The minimum absolute atomic E-state index is 0.102. The number of para-hydroxylation sites is 1. The van der Waals surface area contributed by atoms with E-state index in [0.29, 0.717) is 19.5 Å². The third-order valence-electron chi connectivity index (χ3n) is 5.08. The molecule has 0 saturated carbocycles. The first-order valence-electron chi connectivity index (χ1n) is 9.29. The highest BCUT2D eigenvalue weighted by Gasteiger charge is 2.25. The van der Waals surface area contributed by atoms with Gasteiger partial charge in [-0.2, -0.15) is 0 Å². The van der Waals surface area contributed by atoms with Crippen molar-refractivity contribution in [3.8, 4) is 5.75 Å². The number of amides is 2. The van der Waals surface area contributed by atoms with Crippen LogP contribution in [0.4, 0.5) is 0 Å². The predicted molar refractivity (Wildman–Crippen MR) is 98.5 cm³/mol. The van der Waals surface area contributed by atoms with E-state index in [4.69, 9.17) is 4.74 Å². The molecule has 0 aliphatic carbocycles. The highest BCUT2D eigenvalue weighted by atomic mass is 16.5. The third kappa shape index (κ3) is 5.21. The molecule has 1 N–H and O–H groups in total. The molecule has 2 amide bonds. The minimum Gasteiger partial charge on any atom is -0.496 e. The molecule has 1 aliphatic rings. The maximum absolute atomic E-state index is 12.5. The number of benzene rings is 1. The van der Waals surface area contributed by atoms with Gasteiger partial charge in [0.25, 0.3) is 0 Å². The Hall–Kier alpha value is -2.04. The van der Waals surface area contributed by atoms with Crippen LogP contribution in [0, 0.1) is 5.92 Å². The molecule has 0 unspecified atom stereocenters. The van der Waals surface area contributed by atoms with Crippen LogP contribution in [0.15, 0.2) is 24.3 Å². The average Bonchev–Trinajstić information content (AvgIpc) is 2.63. The van der Waals surface area contributed by atoms with Crippen LogP contribution in [0.1, 0.15) is 45.1 Å². The van der Waals surface area contributed by atoms with Crippen LogP contribution < -0.4 is 10.1 Å². The second kappa shape index (κ2) is 9.44. The van der Waals surface area contributed by atoms with Gasteiger partial charge >= 0.3 is 0 Å². The van der Waals surface area contributed by atoms with Gasteiger partial charge in [0.05, 0.1) is 13.5 Å². The number of likely N-dealkylation sites (tertiary alicyclic amines) is 1. The number of hydrogen-bond donors (Lipinski definition) is 1. The van der Waals surface area contributed by atoms with Crippen LogP contribution in [0.25, 0.3) is 0 Å². The molecular weight excluding hydrogens is 316 g/mol. The van der Waals surface area contributed by atoms with Gasteiger partial charge in [-0.3, -0.25) is 9.59 Å². The molecule has 1 fully saturated rings. The van der Waals surface area contributed by atoms with Crippen LogP contribution in [0.3, 0.4) is 0 Å². The quantitative estimate of drug-likeness (QED) is 0.826. The van der Waals surface area contributed by atoms with E-state index in [1.165, 1.54) is 0 Å². The van der Waals surface area contributed by atoms with E-state index in [1.54, 1.807) is 7.11 Å².